The number of carbonyl (C=O) groups excluding carboxylic acids is 2. The molecule has 0 radical (unpaired) electrons. The van der Waals surface area contributed by atoms with Crippen LogP contribution in [-0.2, 0) is 9.59 Å². The first-order valence-corrected chi connectivity index (χ1v) is 9.62. The topological polar surface area (TPSA) is 59.1 Å². The van der Waals surface area contributed by atoms with E-state index in [0.717, 1.165) is 43.8 Å². The molecule has 138 valence electrons. The second kappa shape index (κ2) is 5.89. The molecule has 1 spiro atoms. The zero-order valence-electron chi connectivity index (χ0n) is 14.9. The van der Waals surface area contributed by atoms with Crippen LogP contribution in [0.15, 0.2) is 18.2 Å². The smallest absolute Gasteiger partial charge is 0.231 e. The van der Waals surface area contributed by atoms with Crippen molar-refractivity contribution in [2.75, 3.05) is 31.3 Å². The van der Waals surface area contributed by atoms with Crippen molar-refractivity contribution in [1.29, 1.82) is 0 Å². The van der Waals surface area contributed by atoms with E-state index in [-0.39, 0.29) is 24.0 Å². The van der Waals surface area contributed by atoms with Crippen LogP contribution in [0.25, 0.3) is 0 Å². The van der Waals surface area contributed by atoms with Crippen LogP contribution < -0.4 is 14.4 Å². The van der Waals surface area contributed by atoms with Gasteiger partial charge in [0.15, 0.2) is 11.5 Å². The molecule has 0 N–H and O–H groups in total. The van der Waals surface area contributed by atoms with Gasteiger partial charge < -0.3 is 19.3 Å². The molecule has 0 unspecified atom stereocenters. The van der Waals surface area contributed by atoms with Crippen LogP contribution in [0.5, 0.6) is 11.5 Å². The molecule has 4 aliphatic rings. The van der Waals surface area contributed by atoms with Crippen molar-refractivity contribution >= 4 is 17.5 Å². The summed E-state index contributed by atoms with van der Waals surface area (Å²) in [5.74, 6) is 2.09. The van der Waals surface area contributed by atoms with Gasteiger partial charge in [-0.25, -0.2) is 0 Å². The number of fused-ring (bicyclic) bond motifs is 1. The highest BCUT2D eigenvalue weighted by molar-refractivity contribution is 5.97. The van der Waals surface area contributed by atoms with Crippen LogP contribution >= 0.6 is 0 Å². The molecule has 2 saturated heterocycles. The lowest BCUT2D eigenvalue weighted by Crippen LogP contribution is -2.36. The largest absolute Gasteiger partial charge is 0.454 e. The normalized spacial score (nSPS) is 27.9. The first-order chi connectivity index (χ1) is 12.6. The highest BCUT2D eigenvalue weighted by Gasteiger charge is 2.49. The van der Waals surface area contributed by atoms with E-state index in [0.29, 0.717) is 24.6 Å². The SMILES string of the molecule is O=C(C1CCCC1)N1CC[C@]2(CC(=O)N(c3ccc4c(c3)OCO4)C2)C1. The third kappa shape index (κ3) is 2.54. The molecule has 3 aliphatic heterocycles. The molecule has 2 amide bonds. The molecule has 1 saturated carbocycles. The van der Waals surface area contributed by atoms with E-state index in [9.17, 15) is 9.59 Å². The maximum atomic E-state index is 12.7. The van der Waals surface area contributed by atoms with Gasteiger partial charge in [0.05, 0.1) is 0 Å². The summed E-state index contributed by atoms with van der Waals surface area (Å²) in [6.07, 6.45) is 5.85. The second-order valence-corrected chi connectivity index (χ2v) is 8.19. The van der Waals surface area contributed by atoms with E-state index in [2.05, 4.69) is 0 Å². The predicted octanol–water partition coefficient (Wildman–Crippen LogP) is 2.56. The summed E-state index contributed by atoms with van der Waals surface area (Å²) < 4.78 is 10.8. The fourth-order valence-corrected chi connectivity index (χ4v) is 5.01. The maximum absolute atomic E-state index is 12.7. The van der Waals surface area contributed by atoms with E-state index in [1.165, 1.54) is 12.8 Å². The summed E-state index contributed by atoms with van der Waals surface area (Å²) in [6.45, 7) is 2.42. The van der Waals surface area contributed by atoms with Crippen molar-refractivity contribution in [2.24, 2.45) is 11.3 Å². The van der Waals surface area contributed by atoms with Gasteiger partial charge in [-0.3, -0.25) is 9.59 Å². The van der Waals surface area contributed by atoms with E-state index in [4.69, 9.17) is 9.47 Å². The summed E-state index contributed by atoms with van der Waals surface area (Å²) >= 11 is 0. The minimum atomic E-state index is -0.0955. The number of benzene rings is 1. The number of likely N-dealkylation sites (tertiary alicyclic amines) is 1. The maximum Gasteiger partial charge on any atom is 0.231 e. The van der Waals surface area contributed by atoms with Gasteiger partial charge >= 0.3 is 0 Å². The number of rotatable bonds is 2. The summed E-state index contributed by atoms with van der Waals surface area (Å²) in [7, 11) is 0. The first-order valence-electron chi connectivity index (χ1n) is 9.62. The second-order valence-electron chi connectivity index (χ2n) is 8.19. The minimum Gasteiger partial charge on any atom is -0.454 e. The van der Waals surface area contributed by atoms with Gasteiger partial charge in [-0.2, -0.15) is 0 Å². The van der Waals surface area contributed by atoms with Gasteiger partial charge in [0.2, 0.25) is 18.6 Å². The van der Waals surface area contributed by atoms with Crippen molar-refractivity contribution in [3.05, 3.63) is 18.2 Å². The average molecular weight is 356 g/mol. The monoisotopic (exact) mass is 356 g/mol. The molecule has 1 aromatic carbocycles. The molecule has 6 nitrogen and oxygen atoms in total. The van der Waals surface area contributed by atoms with Crippen LogP contribution in [0.2, 0.25) is 0 Å². The van der Waals surface area contributed by atoms with Gasteiger partial charge in [-0.15, -0.1) is 0 Å². The summed E-state index contributed by atoms with van der Waals surface area (Å²) in [6, 6.07) is 5.66. The standard InChI is InChI=1S/C20H24N2O4/c23-18-10-20(7-8-21(11-20)19(24)14-3-1-2-4-14)12-22(18)15-5-6-16-17(9-15)26-13-25-16/h5-6,9,14H,1-4,7-8,10-13H2/t20-/m0/s1. The Kier molecular flexibility index (Phi) is 3.62. The van der Waals surface area contributed by atoms with Crippen LogP contribution in [0.1, 0.15) is 38.5 Å². The minimum absolute atomic E-state index is 0.0955. The van der Waals surface area contributed by atoms with Crippen molar-refractivity contribution in [1.82, 2.24) is 4.90 Å². The van der Waals surface area contributed by atoms with Crippen molar-refractivity contribution in [3.63, 3.8) is 0 Å². The molecule has 5 rings (SSSR count). The molecule has 3 fully saturated rings. The lowest BCUT2D eigenvalue weighted by atomic mass is 9.86. The Hall–Kier alpha value is -2.24. The third-order valence-corrected chi connectivity index (χ3v) is 6.44. The lowest BCUT2D eigenvalue weighted by molar-refractivity contribution is -0.134. The third-order valence-electron chi connectivity index (χ3n) is 6.44. The van der Waals surface area contributed by atoms with E-state index < -0.39 is 0 Å². The highest BCUT2D eigenvalue weighted by atomic mass is 16.7. The van der Waals surface area contributed by atoms with Gasteiger partial charge in [0.1, 0.15) is 0 Å². The quantitative estimate of drug-likeness (QED) is 0.817. The Bertz CT molecular complexity index is 758. The predicted molar refractivity (Wildman–Crippen MR) is 95.1 cm³/mol. The van der Waals surface area contributed by atoms with Crippen molar-refractivity contribution < 1.29 is 19.1 Å². The summed E-state index contributed by atoms with van der Waals surface area (Å²) in [5.41, 5.74) is 0.763. The molecule has 1 aliphatic carbocycles. The van der Waals surface area contributed by atoms with Crippen LogP contribution in [-0.4, -0.2) is 43.1 Å². The van der Waals surface area contributed by atoms with Gasteiger partial charge in [0, 0.05) is 49.1 Å². The highest BCUT2D eigenvalue weighted by Crippen LogP contribution is 2.44. The Morgan fingerprint density at radius 1 is 1.12 bits per heavy atom. The van der Waals surface area contributed by atoms with Gasteiger partial charge in [-0.05, 0) is 31.4 Å². The molecular weight excluding hydrogens is 332 g/mol. The van der Waals surface area contributed by atoms with Crippen LogP contribution in [0.3, 0.4) is 0 Å². The Labute approximate surface area is 153 Å². The Morgan fingerprint density at radius 2 is 1.92 bits per heavy atom. The molecule has 3 heterocycles. The zero-order chi connectivity index (χ0) is 17.7. The molecule has 1 atom stereocenters. The number of hydrogen-bond acceptors (Lipinski definition) is 4. The summed E-state index contributed by atoms with van der Waals surface area (Å²) in [5, 5.41) is 0. The van der Waals surface area contributed by atoms with Crippen LogP contribution in [0.4, 0.5) is 5.69 Å². The zero-order valence-corrected chi connectivity index (χ0v) is 14.9. The summed E-state index contributed by atoms with van der Waals surface area (Å²) in [4.78, 5) is 29.3. The van der Waals surface area contributed by atoms with Crippen LogP contribution in [0, 0.1) is 11.3 Å². The average Bonchev–Trinajstić information content (AvgIpc) is 3.42. The number of nitrogens with zero attached hydrogens (tertiary/aromatic N) is 2. The van der Waals surface area contributed by atoms with Gasteiger partial charge in [0.25, 0.3) is 0 Å². The molecule has 0 bridgehead atoms. The fraction of sp³-hybridized carbons (Fsp3) is 0.600. The van der Waals surface area contributed by atoms with Crippen molar-refractivity contribution in [2.45, 2.75) is 38.5 Å². The molecular formula is C20H24N2O4. The van der Waals surface area contributed by atoms with Gasteiger partial charge in [-0.1, -0.05) is 12.8 Å². The van der Waals surface area contributed by atoms with E-state index >= 15 is 0 Å². The molecule has 6 heteroatoms. The van der Waals surface area contributed by atoms with E-state index in [1.807, 2.05) is 28.0 Å². The fourth-order valence-electron chi connectivity index (χ4n) is 5.01. The number of hydrogen-bond donors (Lipinski definition) is 0. The number of anilines is 1. The number of carbonyl (C=O) groups is 2. The lowest BCUT2D eigenvalue weighted by Gasteiger charge is -2.25. The van der Waals surface area contributed by atoms with E-state index in [1.54, 1.807) is 0 Å². The molecule has 26 heavy (non-hydrogen) atoms. The number of amides is 2. The first kappa shape index (κ1) is 16.0. The Morgan fingerprint density at radius 3 is 2.77 bits per heavy atom. The number of ether oxygens (including phenoxy) is 2. The molecule has 1 aromatic rings. The Balaban J connectivity index is 1.31. The van der Waals surface area contributed by atoms with Crippen molar-refractivity contribution in [3.8, 4) is 11.5 Å². The molecule has 0 aromatic heterocycles.